The lowest BCUT2D eigenvalue weighted by Gasteiger charge is -2.20. The van der Waals surface area contributed by atoms with Crippen molar-refractivity contribution in [2.75, 3.05) is 0 Å². The van der Waals surface area contributed by atoms with E-state index in [0.717, 1.165) is 12.8 Å². The van der Waals surface area contributed by atoms with Crippen molar-refractivity contribution in [1.82, 2.24) is 10.6 Å². The van der Waals surface area contributed by atoms with E-state index >= 15 is 0 Å². The van der Waals surface area contributed by atoms with Gasteiger partial charge in [0.05, 0.1) is 6.10 Å². The van der Waals surface area contributed by atoms with Gasteiger partial charge >= 0.3 is 12.0 Å². The molecular weight excluding hydrogens is 272 g/mol. The molecule has 2 amide bonds. The molecule has 4 N–H and O–H groups in total. The quantitative estimate of drug-likeness (QED) is 0.606. The maximum atomic E-state index is 11.7. The van der Waals surface area contributed by atoms with Gasteiger partial charge in [0.25, 0.3) is 0 Å². The van der Waals surface area contributed by atoms with Gasteiger partial charge in [-0.15, -0.1) is 0 Å². The van der Waals surface area contributed by atoms with Gasteiger partial charge in [-0.1, -0.05) is 30.3 Å². The molecule has 3 atom stereocenters. The number of benzene rings is 1. The van der Waals surface area contributed by atoms with Crippen LogP contribution < -0.4 is 10.6 Å². The molecule has 0 bridgehead atoms. The first-order chi connectivity index (χ1) is 9.90. The molecule has 0 saturated heterocycles. The standard InChI is InChI=1S/C15H22N2O4/c1-10(8-9-12-6-4-3-5-7-12)16-15(21)17-13(11(2)18)14(19)20/h3-7,10-11,13,18H,8-9H2,1-2H3,(H,19,20)(H2,16,17,21)/t10?,11-,13+/m1/s1. The van der Waals surface area contributed by atoms with Crippen molar-refractivity contribution < 1.29 is 19.8 Å². The lowest BCUT2D eigenvalue weighted by molar-refractivity contribution is -0.141. The van der Waals surface area contributed by atoms with Crippen LogP contribution >= 0.6 is 0 Å². The van der Waals surface area contributed by atoms with E-state index in [9.17, 15) is 14.7 Å². The van der Waals surface area contributed by atoms with Crippen LogP contribution in [0, 0.1) is 0 Å². The minimum absolute atomic E-state index is 0.103. The number of carboxylic acids is 1. The number of amides is 2. The van der Waals surface area contributed by atoms with Crippen LogP contribution in [0.3, 0.4) is 0 Å². The van der Waals surface area contributed by atoms with Crippen molar-refractivity contribution in [1.29, 1.82) is 0 Å². The number of hydrogen-bond acceptors (Lipinski definition) is 3. The first kappa shape index (κ1) is 17.0. The molecule has 1 rings (SSSR count). The average Bonchev–Trinajstić information content (AvgIpc) is 2.43. The summed E-state index contributed by atoms with van der Waals surface area (Å²) in [7, 11) is 0. The van der Waals surface area contributed by atoms with E-state index in [1.807, 2.05) is 37.3 Å². The summed E-state index contributed by atoms with van der Waals surface area (Å²) in [6.45, 7) is 3.17. The SMILES string of the molecule is CC(CCc1ccccc1)NC(=O)N[C@H](C(=O)O)[C@@H](C)O. The zero-order chi connectivity index (χ0) is 15.8. The van der Waals surface area contributed by atoms with Gasteiger partial charge in [-0.2, -0.15) is 0 Å². The van der Waals surface area contributed by atoms with Crippen LogP contribution in [0.25, 0.3) is 0 Å². The van der Waals surface area contributed by atoms with Crippen LogP contribution in [0.1, 0.15) is 25.8 Å². The Morgan fingerprint density at radius 2 is 1.76 bits per heavy atom. The molecule has 0 spiro atoms. The smallest absolute Gasteiger partial charge is 0.328 e. The number of nitrogens with one attached hydrogen (secondary N) is 2. The summed E-state index contributed by atoms with van der Waals surface area (Å²) in [5.41, 5.74) is 1.18. The molecule has 0 radical (unpaired) electrons. The van der Waals surface area contributed by atoms with Crippen molar-refractivity contribution in [2.45, 2.75) is 44.9 Å². The molecule has 0 heterocycles. The van der Waals surface area contributed by atoms with E-state index in [-0.39, 0.29) is 6.04 Å². The van der Waals surface area contributed by atoms with Gasteiger partial charge in [0.1, 0.15) is 0 Å². The van der Waals surface area contributed by atoms with Crippen LogP contribution in [0.2, 0.25) is 0 Å². The van der Waals surface area contributed by atoms with Gasteiger partial charge in [-0.05, 0) is 32.3 Å². The Morgan fingerprint density at radius 1 is 1.14 bits per heavy atom. The van der Waals surface area contributed by atoms with Crippen molar-refractivity contribution in [2.24, 2.45) is 0 Å². The second kappa shape index (κ2) is 8.26. The summed E-state index contributed by atoms with van der Waals surface area (Å²) >= 11 is 0. The molecule has 1 unspecified atom stereocenters. The third-order valence-corrected chi connectivity index (χ3v) is 3.12. The molecule has 6 heteroatoms. The van der Waals surface area contributed by atoms with Gasteiger partial charge < -0.3 is 20.8 Å². The number of rotatable bonds is 7. The number of aliphatic hydroxyl groups excluding tert-OH is 1. The van der Waals surface area contributed by atoms with E-state index in [2.05, 4.69) is 10.6 Å². The summed E-state index contributed by atoms with van der Waals surface area (Å²) in [6, 6.07) is 7.88. The number of carboxylic acid groups (broad SMARTS) is 1. The highest BCUT2D eigenvalue weighted by atomic mass is 16.4. The Labute approximate surface area is 124 Å². The van der Waals surface area contributed by atoms with Crippen LogP contribution in [-0.2, 0) is 11.2 Å². The first-order valence-corrected chi connectivity index (χ1v) is 6.92. The zero-order valence-corrected chi connectivity index (χ0v) is 12.2. The Balaban J connectivity index is 2.38. The zero-order valence-electron chi connectivity index (χ0n) is 12.2. The molecular formula is C15H22N2O4. The molecule has 0 aliphatic heterocycles. The molecule has 0 aromatic heterocycles. The fraction of sp³-hybridized carbons (Fsp3) is 0.467. The van der Waals surface area contributed by atoms with Crippen molar-refractivity contribution in [3.63, 3.8) is 0 Å². The van der Waals surface area contributed by atoms with E-state index in [1.54, 1.807) is 0 Å². The number of carbonyl (C=O) groups excluding carboxylic acids is 1. The largest absolute Gasteiger partial charge is 0.480 e. The van der Waals surface area contributed by atoms with Gasteiger partial charge in [0.2, 0.25) is 0 Å². The minimum Gasteiger partial charge on any atom is -0.480 e. The molecule has 0 aliphatic rings. The van der Waals surface area contributed by atoms with E-state index in [4.69, 9.17) is 5.11 Å². The maximum absolute atomic E-state index is 11.7. The summed E-state index contributed by atoms with van der Waals surface area (Å²) in [6.07, 6.45) is 0.401. The van der Waals surface area contributed by atoms with E-state index < -0.39 is 24.1 Å². The predicted molar refractivity (Wildman–Crippen MR) is 79.0 cm³/mol. The van der Waals surface area contributed by atoms with Gasteiger partial charge in [-0.25, -0.2) is 9.59 Å². The summed E-state index contributed by atoms with van der Waals surface area (Å²) in [5.74, 6) is -1.27. The Morgan fingerprint density at radius 3 is 2.29 bits per heavy atom. The number of hydrogen-bond donors (Lipinski definition) is 4. The number of aliphatic carboxylic acids is 1. The third kappa shape index (κ3) is 6.27. The average molecular weight is 294 g/mol. The van der Waals surface area contributed by atoms with Crippen LogP contribution in [0.15, 0.2) is 30.3 Å². The number of aliphatic hydroxyl groups is 1. The fourth-order valence-corrected chi connectivity index (χ4v) is 1.90. The van der Waals surface area contributed by atoms with Crippen molar-refractivity contribution >= 4 is 12.0 Å². The van der Waals surface area contributed by atoms with Gasteiger partial charge in [-0.3, -0.25) is 0 Å². The summed E-state index contributed by atoms with van der Waals surface area (Å²) in [5, 5.41) is 23.1. The lowest BCUT2D eigenvalue weighted by atomic mass is 10.1. The minimum atomic E-state index is -1.31. The number of aryl methyl sites for hydroxylation is 1. The predicted octanol–water partition coefficient (Wildman–Crippen LogP) is 1.14. The van der Waals surface area contributed by atoms with Gasteiger partial charge in [0.15, 0.2) is 6.04 Å². The molecule has 1 aromatic carbocycles. The van der Waals surface area contributed by atoms with Gasteiger partial charge in [0, 0.05) is 6.04 Å². The maximum Gasteiger partial charge on any atom is 0.328 e. The molecule has 0 saturated carbocycles. The molecule has 6 nitrogen and oxygen atoms in total. The molecule has 21 heavy (non-hydrogen) atoms. The van der Waals surface area contributed by atoms with E-state index in [0.29, 0.717) is 0 Å². The Bertz CT molecular complexity index is 462. The molecule has 1 aromatic rings. The summed E-state index contributed by atoms with van der Waals surface area (Å²) in [4.78, 5) is 22.6. The molecule has 116 valence electrons. The second-order valence-corrected chi connectivity index (χ2v) is 5.10. The number of urea groups is 1. The third-order valence-electron chi connectivity index (χ3n) is 3.12. The normalized spacial score (nSPS) is 14.8. The second-order valence-electron chi connectivity index (χ2n) is 5.10. The number of carbonyl (C=O) groups is 2. The van der Waals surface area contributed by atoms with Crippen LogP contribution in [-0.4, -0.2) is 40.4 Å². The molecule has 0 aliphatic carbocycles. The van der Waals surface area contributed by atoms with Crippen LogP contribution in [0.5, 0.6) is 0 Å². The summed E-state index contributed by atoms with van der Waals surface area (Å²) < 4.78 is 0. The van der Waals surface area contributed by atoms with E-state index in [1.165, 1.54) is 12.5 Å². The Kier molecular flexibility index (Phi) is 6.68. The van der Waals surface area contributed by atoms with Crippen LogP contribution in [0.4, 0.5) is 4.79 Å². The lowest BCUT2D eigenvalue weighted by Crippen LogP contribution is -2.52. The van der Waals surface area contributed by atoms with Crippen molar-refractivity contribution in [3.05, 3.63) is 35.9 Å². The Hall–Kier alpha value is -2.08. The topological polar surface area (TPSA) is 98.7 Å². The van der Waals surface area contributed by atoms with Crippen molar-refractivity contribution in [3.8, 4) is 0 Å². The highest BCUT2D eigenvalue weighted by Crippen LogP contribution is 2.04. The fourth-order valence-electron chi connectivity index (χ4n) is 1.90. The highest BCUT2D eigenvalue weighted by molar-refractivity contribution is 5.83. The monoisotopic (exact) mass is 294 g/mol. The first-order valence-electron chi connectivity index (χ1n) is 6.92. The highest BCUT2D eigenvalue weighted by Gasteiger charge is 2.25. The molecule has 0 fully saturated rings.